The highest BCUT2D eigenvalue weighted by molar-refractivity contribution is 4.83. The first-order valence-corrected chi connectivity index (χ1v) is 4.45. The average molecular weight is 184 g/mol. The Morgan fingerprint density at radius 2 is 2.38 bits per heavy atom. The molecule has 0 saturated carbocycles. The van der Waals surface area contributed by atoms with E-state index in [9.17, 15) is 0 Å². The largest absolute Gasteiger partial charge is 0.339 e. The van der Waals surface area contributed by atoms with Crippen LogP contribution in [0.1, 0.15) is 18.6 Å². The molecule has 0 aliphatic heterocycles. The molecule has 0 fully saturated rings. The Balaban J connectivity index is 2.20. The van der Waals surface area contributed by atoms with Gasteiger partial charge in [0.05, 0.1) is 0 Å². The van der Waals surface area contributed by atoms with Crippen LogP contribution >= 0.6 is 0 Å². The SMILES string of the molecule is Cc1noc(CCNC(C)CN)n1. The average Bonchev–Trinajstić information content (AvgIpc) is 2.51. The van der Waals surface area contributed by atoms with Crippen LogP contribution in [0.3, 0.4) is 0 Å². The van der Waals surface area contributed by atoms with Crippen LogP contribution in [0.15, 0.2) is 4.52 Å². The van der Waals surface area contributed by atoms with Gasteiger partial charge in [0.25, 0.3) is 0 Å². The van der Waals surface area contributed by atoms with E-state index in [0.717, 1.165) is 13.0 Å². The first kappa shape index (κ1) is 10.1. The number of aryl methyl sites for hydroxylation is 1. The molecule has 0 radical (unpaired) electrons. The third kappa shape index (κ3) is 3.52. The molecule has 0 amide bonds. The molecule has 0 spiro atoms. The molecule has 1 unspecified atom stereocenters. The van der Waals surface area contributed by atoms with Gasteiger partial charge in [0.15, 0.2) is 5.82 Å². The third-order valence-corrected chi connectivity index (χ3v) is 1.75. The molecule has 5 heteroatoms. The van der Waals surface area contributed by atoms with Gasteiger partial charge in [0, 0.05) is 25.6 Å². The smallest absolute Gasteiger partial charge is 0.227 e. The van der Waals surface area contributed by atoms with Crippen molar-refractivity contribution >= 4 is 0 Å². The lowest BCUT2D eigenvalue weighted by Gasteiger charge is -2.08. The van der Waals surface area contributed by atoms with Gasteiger partial charge >= 0.3 is 0 Å². The highest BCUT2D eigenvalue weighted by Crippen LogP contribution is 1.95. The molecule has 1 aromatic rings. The summed E-state index contributed by atoms with van der Waals surface area (Å²) in [7, 11) is 0. The van der Waals surface area contributed by atoms with Gasteiger partial charge in [-0.05, 0) is 13.8 Å². The van der Waals surface area contributed by atoms with Crippen LogP contribution < -0.4 is 11.1 Å². The van der Waals surface area contributed by atoms with Gasteiger partial charge in [-0.1, -0.05) is 5.16 Å². The standard InChI is InChI=1S/C8H16N4O/c1-6(5-9)10-4-3-8-11-7(2)12-13-8/h6,10H,3-5,9H2,1-2H3. The summed E-state index contributed by atoms with van der Waals surface area (Å²) in [4.78, 5) is 4.08. The number of rotatable bonds is 5. The second kappa shape index (κ2) is 4.94. The lowest BCUT2D eigenvalue weighted by Crippen LogP contribution is -2.34. The quantitative estimate of drug-likeness (QED) is 0.666. The zero-order chi connectivity index (χ0) is 9.68. The van der Waals surface area contributed by atoms with Crippen LogP contribution in [0.4, 0.5) is 0 Å². The molecular formula is C8H16N4O. The van der Waals surface area contributed by atoms with E-state index < -0.39 is 0 Å². The highest BCUT2D eigenvalue weighted by atomic mass is 16.5. The maximum Gasteiger partial charge on any atom is 0.227 e. The van der Waals surface area contributed by atoms with Crippen LogP contribution in [0, 0.1) is 6.92 Å². The van der Waals surface area contributed by atoms with Gasteiger partial charge in [-0.3, -0.25) is 0 Å². The lowest BCUT2D eigenvalue weighted by atomic mass is 10.3. The predicted molar refractivity (Wildman–Crippen MR) is 49.3 cm³/mol. The first-order chi connectivity index (χ1) is 6.22. The zero-order valence-electron chi connectivity index (χ0n) is 8.08. The molecule has 1 atom stereocenters. The molecule has 1 aromatic heterocycles. The Bertz CT molecular complexity index is 248. The Labute approximate surface area is 77.7 Å². The Kier molecular flexibility index (Phi) is 3.85. The van der Waals surface area contributed by atoms with Gasteiger partial charge in [-0.25, -0.2) is 0 Å². The van der Waals surface area contributed by atoms with Crippen molar-refractivity contribution in [3.8, 4) is 0 Å². The van der Waals surface area contributed by atoms with Crippen molar-refractivity contribution in [2.45, 2.75) is 26.3 Å². The monoisotopic (exact) mass is 184 g/mol. The van der Waals surface area contributed by atoms with Gasteiger partial charge in [0.1, 0.15) is 0 Å². The first-order valence-electron chi connectivity index (χ1n) is 4.45. The number of hydrogen-bond donors (Lipinski definition) is 2. The summed E-state index contributed by atoms with van der Waals surface area (Å²) < 4.78 is 4.95. The normalized spacial score (nSPS) is 13.2. The van der Waals surface area contributed by atoms with Gasteiger partial charge in [-0.15, -0.1) is 0 Å². The molecule has 1 heterocycles. The van der Waals surface area contributed by atoms with Gasteiger partial charge in [0.2, 0.25) is 5.89 Å². The van der Waals surface area contributed by atoms with E-state index in [2.05, 4.69) is 15.5 Å². The summed E-state index contributed by atoms with van der Waals surface area (Å²) in [5.74, 6) is 1.36. The fourth-order valence-corrected chi connectivity index (χ4v) is 0.950. The summed E-state index contributed by atoms with van der Waals surface area (Å²) >= 11 is 0. The highest BCUT2D eigenvalue weighted by Gasteiger charge is 2.02. The minimum Gasteiger partial charge on any atom is -0.339 e. The maximum atomic E-state index is 5.44. The van der Waals surface area contributed by atoms with E-state index in [1.54, 1.807) is 0 Å². The fourth-order valence-electron chi connectivity index (χ4n) is 0.950. The van der Waals surface area contributed by atoms with Crippen LogP contribution in [0.25, 0.3) is 0 Å². The predicted octanol–water partition coefficient (Wildman–Crippen LogP) is -0.143. The minimum atomic E-state index is 0.337. The number of aromatic nitrogens is 2. The van der Waals surface area contributed by atoms with Crippen LogP contribution in [-0.2, 0) is 6.42 Å². The van der Waals surface area contributed by atoms with Crippen molar-refractivity contribution in [3.05, 3.63) is 11.7 Å². The van der Waals surface area contributed by atoms with E-state index in [0.29, 0.717) is 24.3 Å². The summed E-state index contributed by atoms with van der Waals surface area (Å²) in [6, 6.07) is 0.337. The lowest BCUT2D eigenvalue weighted by molar-refractivity contribution is 0.370. The van der Waals surface area contributed by atoms with Crippen molar-refractivity contribution < 1.29 is 4.52 Å². The van der Waals surface area contributed by atoms with Crippen molar-refractivity contribution in [2.75, 3.05) is 13.1 Å². The molecule has 0 aromatic carbocycles. The second-order valence-corrected chi connectivity index (χ2v) is 3.08. The number of nitrogens with one attached hydrogen (secondary N) is 1. The molecule has 0 aliphatic carbocycles. The second-order valence-electron chi connectivity index (χ2n) is 3.08. The molecule has 5 nitrogen and oxygen atoms in total. The summed E-state index contributed by atoms with van der Waals surface area (Å²) in [5.41, 5.74) is 5.44. The topological polar surface area (TPSA) is 77.0 Å². The van der Waals surface area contributed by atoms with Crippen LogP contribution in [0.2, 0.25) is 0 Å². The maximum absolute atomic E-state index is 5.44. The molecular weight excluding hydrogens is 168 g/mol. The molecule has 0 bridgehead atoms. The molecule has 0 aliphatic rings. The van der Waals surface area contributed by atoms with Crippen molar-refractivity contribution in [2.24, 2.45) is 5.73 Å². The molecule has 0 saturated heterocycles. The van der Waals surface area contributed by atoms with Crippen LogP contribution in [-0.4, -0.2) is 29.3 Å². The molecule has 13 heavy (non-hydrogen) atoms. The zero-order valence-corrected chi connectivity index (χ0v) is 8.08. The van der Waals surface area contributed by atoms with E-state index in [1.165, 1.54) is 0 Å². The summed E-state index contributed by atoms with van der Waals surface area (Å²) in [5, 5.41) is 6.93. The Morgan fingerprint density at radius 1 is 1.62 bits per heavy atom. The van der Waals surface area contributed by atoms with E-state index in [-0.39, 0.29) is 0 Å². The van der Waals surface area contributed by atoms with Crippen molar-refractivity contribution in [3.63, 3.8) is 0 Å². The fraction of sp³-hybridized carbons (Fsp3) is 0.750. The van der Waals surface area contributed by atoms with E-state index in [1.807, 2.05) is 13.8 Å². The summed E-state index contributed by atoms with van der Waals surface area (Å²) in [6.07, 6.45) is 0.755. The molecule has 1 rings (SSSR count). The van der Waals surface area contributed by atoms with Gasteiger partial charge < -0.3 is 15.6 Å². The van der Waals surface area contributed by atoms with Gasteiger partial charge in [-0.2, -0.15) is 4.98 Å². The summed E-state index contributed by atoms with van der Waals surface area (Å²) in [6.45, 7) is 5.31. The van der Waals surface area contributed by atoms with E-state index in [4.69, 9.17) is 10.3 Å². The number of nitrogens with zero attached hydrogens (tertiary/aromatic N) is 2. The Morgan fingerprint density at radius 3 is 2.92 bits per heavy atom. The van der Waals surface area contributed by atoms with Crippen molar-refractivity contribution in [1.82, 2.24) is 15.5 Å². The van der Waals surface area contributed by atoms with Crippen LogP contribution in [0.5, 0.6) is 0 Å². The molecule has 3 N–H and O–H groups in total. The number of nitrogens with two attached hydrogens (primary N) is 1. The Hall–Kier alpha value is -0.940. The number of hydrogen-bond acceptors (Lipinski definition) is 5. The van der Waals surface area contributed by atoms with E-state index >= 15 is 0 Å². The molecule has 74 valence electrons. The van der Waals surface area contributed by atoms with Crippen molar-refractivity contribution in [1.29, 1.82) is 0 Å². The minimum absolute atomic E-state index is 0.337. The third-order valence-electron chi connectivity index (χ3n) is 1.75.